The van der Waals surface area contributed by atoms with Crippen molar-refractivity contribution in [1.82, 2.24) is 9.80 Å². The van der Waals surface area contributed by atoms with E-state index in [2.05, 4.69) is 0 Å². The van der Waals surface area contributed by atoms with Crippen molar-refractivity contribution in [2.45, 2.75) is 39.2 Å². The van der Waals surface area contributed by atoms with Crippen LogP contribution in [-0.2, 0) is 9.53 Å². The molecule has 0 atom stereocenters. The largest absolute Gasteiger partial charge is 0.444 e. The molecule has 2 heterocycles. The van der Waals surface area contributed by atoms with Crippen LogP contribution in [0, 0.1) is 5.92 Å². The van der Waals surface area contributed by atoms with Crippen molar-refractivity contribution >= 4 is 12.0 Å². The predicted octanol–water partition coefficient (Wildman–Crippen LogP) is 2.03. The minimum Gasteiger partial charge on any atom is -0.444 e. The summed E-state index contributed by atoms with van der Waals surface area (Å²) in [5.74, 6) is 0.368. The highest BCUT2D eigenvalue weighted by Gasteiger charge is 2.32. The maximum absolute atomic E-state index is 11.8. The summed E-state index contributed by atoms with van der Waals surface area (Å²) in [5.41, 5.74) is -0.455. The van der Waals surface area contributed by atoms with Gasteiger partial charge in [0, 0.05) is 32.1 Å². The van der Waals surface area contributed by atoms with E-state index in [9.17, 15) is 9.59 Å². The van der Waals surface area contributed by atoms with Gasteiger partial charge in [-0.15, -0.1) is 0 Å². The molecule has 2 aliphatic rings. The van der Waals surface area contributed by atoms with Crippen LogP contribution in [0.1, 0.15) is 33.6 Å². The number of amides is 2. The molecule has 0 radical (unpaired) electrons. The molecule has 112 valence electrons. The van der Waals surface area contributed by atoms with Crippen molar-refractivity contribution in [2.24, 2.45) is 5.92 Å². The lowest BCUT2D eigenvalue weighted by atomic mass is 10.0. The molecule has 20 heavy (non-hydrogen) atoms. The highest BCUT2D eigenvalue weighted by atomic mass is 16.6. The van der Waals surface area contributed by atoms with Crippen LogP contribution in [0.25, 0.3) is 0 Å². The molecular formula is C15H24N2O3. The van der Waals surface area contributed by atoms with E-state index in [1.54, 1.807) is 11.0 Å². The standard InChI is InChI=1S/C15H24N2O3/c1-15(2,3)20-14(19)17-10-12(11-17)6-7-13(18)16-8-4-5-9-16/h6-7,12H,4-5,8-11H2,1-3H3. The number of hydrogen-bond donors (Lipinski definition) is 0. The highest BCUT2D eigenvalue weighted by Crippen LogP contribution is 2.20. The zero-order valence-electron chi connectivity index (χ0n) is 12.6. The van der Waals surface area contributed by atoms with Crippen molar-refractivity contribution in [3.05, 3.63) is 12.2 Å². The lowest BCUT2D eigenvalue weighted by Crippen LogP contribution is -2.50. The molecule has 0 saturated carbocycles. The van der Waals surface area contributed by atoms with Gasteiger partial charge >= 0.3 is 6.09 Å². The van der Waals surface area contributed by atoms with Crippen LogP contribution in [0.15, 0.2) is 12.2 Å². The molecule has 0 aromatic rings. The Hall–Kier alpha value is -1.52. The monoisotopic (exact) mass is 280 g/mol. The van der Waals surface area contributed by atoms with Gasteiger partial charge < -0.3 is 14.5 Å². The summed E-state index contributed by atoms with van der Waals surface area (Å²) in [4.78, 5) is 27.1. The Kier molecular flexibility index (Phi) is 4.35. The fourth-order valence-corrected chi connectivity index (χ4v) is 2.37. The van der Waals surface area contributed by atoms with E-state index in [0.717, 1.165) is 25.9 Å². The molecule has 0 spiro atoms. The maximum Gasteiger partial charge on any atom is 0.410 e. The van der Waals surface area contributed by atoms with Gasteiger partial charge in [0.15, 0.2) is 0 Å². The molecule has 2 amide bonds. The summed E-state index contributed by atoms with van der Waals surface area (Å²) in [6, 6.07) is 0. The third-order valence-electron chi connectivity index (χ3n) is 3.49. The Morgan fingerprint density at radius 2 is 1.70 bits per heavy atom. The van der Waals surface area contributed by atoms with Crippen LogP contribution in [0.3, 0.4) is 0 Å². The van der Waals surface area contributed by atoms with Gasteiger partial charge in [-0.1, -0.05) is 6.08 Å². The topological polar surface area (TPSA) is 49.9 Å². The van der Waals surface area contributed by atoms with Gasteiger partial charge in [-0.3, -0.25) is 4.79 Å². The average molecular weight is 280 g/mol. The van der Waals surface area contributed by atoms with Gasteiger partial charge in [-0.05, 0) is 39.7 Å². The summed E-state index contributed by atoms with van der Waals surface area (Å²) in [7, 11) is 0. The predicted molar refractivity (Wildman–Crippen MR) is 76.3 cm³/mol. The Bertz CT molecular complexity index is 400. The number of carbonyl (C=O) groups is 2. The second-order valence-electron chi connectivity index (χ2n) is 6.54. The van der Waals surface area contributed by atoms with Gasteiger partial charge in [0.05, 0.1) is 0 Å². The van der Waals surface area contributed by atoms with Crippen LogP contribution < -0.4 is 0 Å². The fraction of sp³-hybridized carbons (Fsp3) is 0.733. The third-order valence-corrected chi connectivity index (χ3v) is 3.49. The lowest BCUT2D eigenvalue weighted by molar-refractivity contribution is -0.125. The molecule has 0 N–H and O–H groups in total. The fourth-order valence-electron chi connectivity index (χ4n) is 2.37. The molecule has 0 aliphatic carbocycles. The van der Waals surface area contributed by atoms with Crippen LogP contribution in [0.2, 0.25) is 0 Å². The Morgan fingerprint density at radius 3 is 2.25 bits per heavy atom. The molecule has 0 aromatic heterocycles. The van der Waals surface area contributed by atoms with E-state index < -0.39 is 5.60 Å². The van der Waals surface area contributed by atoms with Gasteiger partial charge in [0.2, 0.25) is 5.91 Å². The molecule has 0 unspecified atom stereocenters. The molecular weight excluding hydrogens is 256 g/mol. The Labute approximate surface area is 120 Å². The lowest BCUT2D eigenvalue weighted by Gasteiger charge is -2.38. The van der Waals surface area contributed by atoms with Crippen LogP contribution in [0.5, 0.6) is 0 Å². The maximum atomic E-state index is 11.8. The first kappa shape index (κ1) is 14.9. The second kappa shape index (κ2) is 5.85. The average Bonchev–Trinajstić information content (AvgIpc) is 2.77. The molecule has 0 aromatic carbocycles. The minimum atomic E-state index is -0.455. The summed E-state index contributed by atoms with van der Waals surface area (Å²) in [5, 5.41) is 0. The van der Waals surface area contributed by atoms with Gasteiger partial charge in [0.1, 0.15) is 5.60 Å². The molecule has 5 nitrogen and oxygen atoms in total. The van der Waals surface area contributed by atoms with E-state index in [0.29, 0.717) is 13.1 Å². The van der Waals surface area contributed by atoms with Crippen molar-refractivity contribution < 1.29 is 14.3 Å². The van der Waals surface area contributed by atoms with Crippen molar-refractivity contribution in [3.8, 4) is 0 Å². The first-order chi connectivity index (χ1) is 9.35. The van der Waals surface area contributed by atoms with Gasteiger partial charge in [-0.2, -0.15) is 0 Å². The zero-order valence-corrected chi connectivity index (χ0v) is 12.6. The van der Waals surface area contributed by atoms with E-state index in [4.69, 9.17) is 4.74 Å². The third kappa shape index (κ3) is 3.99. The van der Waals surface area contributed by atoms with Crippen LogP contribution in [0.4, 0.5) is 4.79 Å². The van der Waals surface area contributed by atoms with Gasteiger partial charge in [-0.25, -0.2) is 4.79 Å². The molecule has 2 aliphatic heterocycles. The second-order valence-corrected chi connectivity index (χ2v) is 6.54. The van der Waals surface area contributed by atoms with Crippen molar-refractivity contribution in [1.29, 1.82) is 0 Å². The smallest absolute Gasteiger partial charge is 0.410 e. The number of hydrogen-bond acceptors (Lipinski definition) is 3. The van der Waals surface area contributed by atoms with Crippen LogP contribution >= 0.6 is 0 Å². The van der Waals surface area contributed by atoms with Crippen molar-refractivity contribution in [3.63, 3.8) is 0 Å². The molecule has 2 saturated heterocycles. The van der Waals surface area contributed by atoms with E-state index in [1.807, 2.05) is 31.7 Å². The molecule has 5 heteroatoms. The number of ether oxygens (including phenoxy) is 1. The van der Waals surface area contributed by atoms with Crippen molar-refractivity contribution in [2.75, 3.05) is 26.2 Å². The summed E-state index contributed by atoms with van der Waals surface area (Å²) in [6.07, 6.45) is 5.52. The number of carbonyl (C=O) groups excluding carboxylic acids is 2. The Balaban J connectivity index is 1.71. The van der Waals surface area contributed by atoms with Crippen LogP contribution in [-0.4, -0.2) is 53.6 Å². The first-order valence-corrected chi connectivity index (χ1v) is 7.30. The highest BCUT2D eigenvalue weighted by molar-refractivity contribution is 5.87. The number of nitrogens with zero attached hydrogens (tertiary/aromatic N) is 2. The molecule has 2 rings (SSSR count). The summed E-state index contributed by atoms with van der Waals surface area (Å²) < 4.78 is 5.28. The summed E-state index contributed by atoms with van der Waals surface area (Å²) >= 11 is 0. The normalized spacial score (nSPS) is 20.4. The number of rotatable bonds is 2. The molecule has 0 bridgehead atoms. The SMILES string of the molecule is CC(C)(C)OC(=O)N1CC(C=CC(=O)N2CCCC2)C1. The van der Waals surface area contributed by atoms with Gasteiger partial charge in [0.25, 0.3) is 0 Å². The number of likely N-dealkylation sites (tertiary alicyclic amines) is 2. The van der Waals surface area contributed by atoms with E-state index >= 15 is 0 Å². The van der Waals surface area contributed by atoms with E-state index in [1.165, 1.54) is 0 Å². The Morgan fingerprint density at radius 1 is 1.10 bits per heavy atom. The molecule has 2 fully saturated rings. The zero-order chi connectivity index (χ0) is 14.8. The minimum absolute atomic E-state index is 0.0956. The van der Waals surface area contributed by atoms with E-state index in [-0.39, 0.29) is 17.9 Å². The quantitative estimate of drug-likeness (QED) is 0.727. The first-order valence-electron chi connectivity index (χ1n) is 7.30. The summed E-state index contributed by atoms with van der Waals surface area (Å²) in [6.45, 7) is 8.59.